The molecule has 0 atom stereocenters. The van der Waals surface area contributed by atoms with E-state index in [1.54, 1.807) is 18.6 Å². The van der Waals surface area contributed by atoms with E-state index in [-0.39, 0.29) is 5.91 Å². The number of benzene rings is 1. The predicted molar refractivity (Wildman–Crippen MR) is 111 cm³/mol. The summed E-state index contributed by atoms with van der Waals surface area (Å²) >= 11 is 2.83. The fraction of sp³-hybridized carbons (Fsp3) is 0.0500. The van der Waals surface area contributed by atoms with E-state index in [0.717, 1.165) is 32.0 Å². The van der Waals surface area contributed by atoms with Gasteiger partial charge < -0.3 is 0 Å². The summed E-state index contributed by atoms with van der Waals surface area (Å²) < 4.78 is 0.747. The first-order valence-corrected chi connectivity index (χ1v) is 10.0. The molecule has 0 spiro atoms. The van der Waals surface area contributed by atoms with Gasteiger partial charge in [0.25, 0.3) is 5.91 Å². The molecule has 5 nitrogen and oxygen atoms in total. The molecule has 1 aliphatic heterocycles. The van der Waals surface area contributed by atoms with E-state index in [2.05, 4.69) is 21.0 Å². The lowest BCUT2D eigenvalue weighted by Gasteiger charge is -2.09. The second-order valence-corrected chi connectivity index (χ2v) is 7.76. The lowest BCUT2D eigenvalue weighted by atomic mass is 9.97. The number of aromatic nitrogens is 2. The average Bonchev–Trinajstić information content (AvgIpc) is 3.07. The van der Waals surface area contributed by atoms with Crippen molar-refractivity contribution in [3.63, 3.8) is 0 Å². The van der Waals surface area contributed by atoms with Gasteiger partial charge in [0.05, 0.1) is 16.0 Å². The minimum absolute atomic E-state index is 0.221. The normalized spacial score (nSPS) is 15.2. The molecule has 3 heterocycles. The number of amides is 1. The molecule has 1 aliphatic rings. The number of nitriles is 1. The van der Waals surface area contributed by atoms with Crippen LogP contribution in [0.4, 0.5) is 0 Å². The highest BCUT2D eigenvalue weighted by Crippen LogP contribution is 2.35. The van der Waals surface area contributed by atoms with E-state index in [1.807, 2.05) is 42.7 Å². The number of hydrogen-bond donors (Lipinski definition) is 0. The van der Waals surface area contributed by atoms with Crippen molar-refractivity contribution >= 4 is 50.8 Å². The molecule has 0 saturated heterocycles. The molecular formula is C20H12N4OS2. The third-order valence-electron chi connectivity index (χ3n) is 4.04. The fourth-order valence-electron chi connectivity index (χ4n) is 2.83. The maximum Gasteiger partial charge on any atom is 0.285 e. The van der Waals surface area contributed by atoms with Crippen molar-refractivity contribution < 1.29 is 4.79 Å². The van der Waals surface area contributed by atoms with E-state index in [4.69, 9.17) is 0 Å². The zero-order valence-corrected chi connectivity index (χ0v) is 15.8. The highest BCUT2D eigenvalue weighted by Gasteiger charge is 2.21. The summed E-state index contributed by atoms with van der Waals surface area (Å²) in [7, 11) is 0. The molecule has 0 bridgehead atoms. The molecule has 1 amide bonds. The first-order chi connectivity index (χ1) is 13.2. The lowest BCUT2D eigenvalue weighted by Crippen LogP contribution is -1.92. The van der Waals surface area contributed by atoms with Crippen molar-refractivity contribution in [1.82, 2.24) is 9.97 Å². The van der Waals surface area contributed by atoms with Crippen LogP contribution in [0.15, 0.2) is 58.8 Å². The summed E-state index contributed by atoms with van der Waals surface area (Å²) in [5.41, 5.74) is 3.77. The number of nitrogens with zero attached hydrogens (tertiary/aromatic N) is 4. The number of aliphatic imine (C=N–C) groups is 1. The van der Waals surface area contributed by atoms with E-state index in [1.165, 1.54) is 23.5 Å². The summed E-state index contributed by atoms with van der Waals surface area (Å²) in [6.07, 6.45) is 8.73. The Kier molecular flexibility index (Phi) is 4.75. The second-order valence-electron chi connectivity index (χ2n) is 5.67. The molecule has 7 heteroatoms. The van der Waals surface area contributed by atoms with Crippen LogP contribution in [-0.4, -0.2) is 26.5 Å². The Morgan fingerprint density at radius 1 is 1.26 bits per heavy atom. The third kappa shape index (κ3) is 3.37. The lowest BCUT2D eigenvalue weighted by molar-refractivity contribution is -0.113. The van der Waals surface area contributed by atoms with Gasteiger partial charge in [0.15, 0.2) is 0 Å². The van der Waals surface area contributed by atoms with Crippen molar-refractivity contribution in [3.05, 3.63) is 65.0 Å². The van der Waals surface area contributed by atoms with E-state index in [0.29, 0.717) is 10.5 Å². The standard InChI is InChI=1S/C20H12N4OS2/c1-26-20-24-19(25)17(27-20)8-12-4-5-16-15(7-12)18(14(9-21)11-23-16)13-3-2-6-22-10-13/h2-8,10-11H,1H3/b17-8+. The van der Waals surface area contributed by atoms with Crippen molar-refractivity contribution in [2.75, 3.05) is 6.26 Å². The Balaban J connectivity index is 1.87. The van der Waals surface area contributed by atoms with Crippen LogP contribution in [0.1, 0.15) is 11.1 Å². The first kappa shape index (κ1) is 17.5. The minimum Gasteiger partial charge on any atom is -0.266 e. The van der Waals surface area contributed by atoms with Crippen LogP contribution >= 0.6 is 23.5 Å². The third-order valence-corrected chi connectivity index (χ3v) is 6.00. The highest BCUT2D eigenvalue weighted by atomic mass is 32.2. The molecule has 130 valence electrons. The Bertz CT molecular complexity index is 1160. The monoisotopic (exact) mass is 388 g/mol. The van der Waals surface area contributed by atoms with Crippen molar-refractivity contribution in [2.24, 2.45) is 4.99 Å². The van der Waals surface area contributed by atoms with Gasteiger partial charge in [-0.1, -0.05) is 23.9 Å². The summed E-state index contributed by atoms with van der Waals surface area (Å²) in [6.45, 7) is 0. The second kappa shape index (κ2) is 7.35. The molecule has 0 unspecified atom stereocenters. The average molecular weight is 388 g/mol. The Labute approximate surface area is 164 Å². The number of hydrogen-bond acceptors (Lipinski definition) is 6. The summed E-state index contributed by atoms with van der Waals surface area (Å²) in [5.74, 6) is -0.221. The van der Waals surface area contributed by atoms with Gasteiger partial charge in [-0.2, -0.15) is 10.3 Å². The van der Waals surface area contributed by atoms with Gasteiger partial charge in [-0.3, -0.25) is 14.8 Å². The van der Waals surface area contributed by atoms with Gasteiger partial charge in [-0.05, 0) is 36.1 Å². The van der Waals surface area contributed by atoms with Gasteiger partial charge in [0, 0.05) is 35.1 Å². The molecule has 0 N–H and O–H groups in total. The van der Waals surface area contributed by atoms with Crippen molar-refractivity contribution in [3.8, 4) is 17.2 Å². The largest absolute Gasteiger partial charge is 0.285 e. The molecule has 2 aromatic heterocycles. The SMILES string of the molecule is CSC1=NC(=O)/C(=C\c2ccc3ncc(C#N)c(-c4cccnc4)c3c2)S1. The number of pyridine rings is 2. The zero-order chi connectivity index (χ0) is 18.8. The van der Waals surface area contributed by atoms with Gasteiger partial charge in [-0.25, -0.2) is 0 Å². The number of carbonyl (C=O) groups excluding carboxylic acids is 1. The fourth-order valence-corrected chi connectivity index (χ4v) is 4.26. The summed E-state index contributed by atoms with van der Waals surface area (Å²) in [4.78, 5) is 25.2. The topological polar surface area (TPSA) is 79.0 Å². The Morgan fingerprint density at radius 3 is 2.85 bits per heavy atom. The van der Waals surface area contributed by atoms with Crippen LogP contribution in [0.5, 0.6) is 0 Å². The molecular weight excluding hydrogens is 376 g/mol. The first-order valence-electron chi connectivity index (χ1n) is 7.99. The Morgan fingerprint density at radius 2 is 2.15 bits per heavy atom. The molecule has 0 aliphatic carbocycles. The summed E-state index contributed by atoms with van der Waals surface area (Å²) in [5, 5.41) is 10.4. The number of fused-ring (bicyclic) bond motifs is 1. The van der Waals surface area contributed by atoms with Gasteiger partial charge in [-0.15, -0.1) is 11.8 Å². The highest BCUT2D eigenvalue weighted by molar-refractivity contribution is 8.40. The van der Waals surface area contributed by atoms with Gasteiger partial charge in [0.2, 0.25) is 0 Å². The quantitative estimate of drug-likeness (QED) is 0.601. The maximum atomic E-state index is 12.0. The van der Waals surface area contributed by atoms with Crippen LogP contribution in [0.25, 0.3) is 28.1 Å². The van der Waals surface area contributed by atoms with Crippen molar-refractivity contribution in [2.45, 2.75) is 0 Å². The molecule has 27 heavy (non-hydrogen) atoms. The van der Waals surface area contributed by atoms with Crippen LogP contribution in [0.2, 0.25) is 0 Å². The predicted octanol–water partition coefficient (Wildman–Crippen LogP) is 4.50. The molecule has 0 radical (unpaired) electrons. The van der Waals surface area contributed by atoms with Crippen molar-refractivity contribution in [1.29, 1.82) is 5.26 Å². The van der Waals surface area contributed by atoms with Crippen LogP contribution in [0.3, 0.4) is 0 Å². The molecule has 0 fully saturated rings. The molecule has 3 aromatic rings. The number of rotatable bonds is 2. The van der Waals surface area contributed by atoms with Gasteiger partial charge in [0.1, 0.15) is 10.4 Å². The molecule has 0 saturated carbocycles. The smallest absolute Gasteiger partial charge is 0.266 e. The van der Waals surface area contributed by atoms with E-state index >= 15 is 0 Å². The minimum atomic E-state index is -0.221. The number of carbonyl (C=O) groups is 1. The van der Waals surface area contributed by atoms with Crippen LogP contribution in [-0.2, 0) is 4.79 Å². The van der Waals surface area contributed by atoms with E-state index in [9.17, 15) is 10.1 Å². The Hall–Kier alpha value is -2.95. The zero-order valence-electron chi connectivity index (χ0n) is 14.2. The van der Waals surface area contributed by atoms with Gasteiger partial charge >= 0.3 is 0 Å². The number of thioether (sulfide) groups is 2. The van der Waals surface area contributed by atoms with Crippen LogP contribution < -0.4 is 0 Å². The van der Waals surface area contributed by atoms with E-state index < -0.39 is 0 Å². The molecule has 1 aromatic carbocycles. The van der Waals surface area contributed by atoms with Crippen LogP contribution in [0, 0.1) is 11.3 Å². The molecule has 4 rings (SSSR count). The summed E-state index contributed by atoms with van der Waals surface area (Å²) in [6, 6.07) is 11.7. The maximum absolute atomic E-state index is 12.0.